The number of carbonyl (C=O) groups excluding carboxylic acids is 1. The molecular formula is C15H16N2O2. The highest BCUT2D eigenvalue weighted by Crippen LogP contribution is 2.29. The summed E-state index contributed by atoms with van der Waals surface area (Å²) in [5, 5.41) is 7.56. The van der Waals surface area contributed by atoms with E-state index in [1.54, 1.807) is 0 Å². The van der Waals surface area contributed by atoms with Crippen molar-refractivity contribution in [2.24, 2.45) is 11.7 Å². The number of hydrogen-bond acceptors (Lipinski definition) is 3. The number of hydrogen-bond donors (Lipinski definition) is 2. The lowest BCUT2D eigenvalue weighted by Crippen LogP contribution is -2.23. The molecule has 0 bridgehead atoms. The lowest BCUT2D eigenvalue weighted by molar-refractivity contribution is -0.143. The van der Waals surface area contributed by atoms with Gasteiger partial charge in [0.05, 0.1) is 13.0 Å². The second-order valence-corrected chi connectivity index (χ2v) is 4.41. The molecule has 98 valence electrons. The van der Waals surface area contributed by atoms with Gasteiger partial charge in [0.15, 0.2) is 0 Å². The van der Waals surface area contributed by atoms with E-state index in [0.29, 0.717) is 12.0 Å². The van der Waals surface area contributed by atoms with Crippen LogP contribution in [-0.4, -0.2) is 18.9 Å². The van der Waals surface area contributed by atoms with Crippen molar-refractivity contribution in [2.45, 2.75) is 6.42 Å². The molecule has 1 atom stereocenters. The van der Waals surface area contributed by atoms with Crippen LogP contribution in [0.3, 0.4) is 0 Å². The Morgan fingerprint density at radius 3 is 2.63 bits per heavy atom. The van der Waals surface area contributed by atoms with Gasteiger partial charge in [-0.3, -0.25) is 10.2 Å². The maximum absolute atomic E-state index is 11.7. The smallest absolute Gasteiger partial charge is 0.312 e. The molecule has 0 aliphatic heterocycles. The van der Waals surface area contributed by atoms with Crippen molar-refractivity contribution in [2.75, 3.05) is 7.11 Å². The van der Waals surface area contributed by atoms with Gasteiger partial charge in [-0.25, -0.2) is 0 Å². The number of carbonyl (C=O) groups is 1. The van der Waals surface area contributed by atoms with E-state index in [1.807, 2.05) is 42.5 Å². The number of nitrogens with two attached hydrogens (primary N) is 1. The van der Waals surface area contributed by atoms with Crippen molar-refractivity contribution >= 4 is 17.4 Å². The predicted octanol–water partition coefficient (Wildman–Crippen LogP) is 2.13. The fraction of sp³-hybridized carbons (Fsp3) is 0.200. The summed E-state index contributed by atoms with van der Waals surface area (Å²) in [5.74, 6) is -0.695. The van der Waals surface area contributed by atoms with Gasteiger partial charge in [0.2, 0.25) is 0 Å². The Balaban J connectivity index is 2.40. The maximum atomic E-state index is 11.7. The molecule has 2 rings (SSSR count). The van der Waals surface area contributed by atoms with Crippen LogP contribution in [0.2, 0.25) is 0 Å². The zero-order valence-corrected chi connectivity index (χ0v) is 10.7. The number of rotatable bonds is 3. The minimum absolute atomic E-state index is 0.00423. The van der Waals surface area contributed by atoms with E-state index in [-0.39, 0.29) is 17.7 Å². The molecule has 1 aromatic carbocycles. The van der Waals surface area contributed by atoms with Gasteiger partial charge in [-0.2, -0.15) is 0 Å². The summed E-state index contributed by atoms with van der Waals surface area (Å²) in [6.45, 7) is 0. The molecule has 0 spiro atoms. The quantitative estimate of drug-likeness (QED) is 0.494. The summed E-state index contributed by atoms with van der Waals surface area (Å²) in [7, 11) is 1.37. The Labute approximate surface area is 112 Å². The second-order valence-electron chi connectivity index (χ2n) is 4.41. The number of nitrogens with one attached hydrogen (secondary N) is 1. The Morgan fingerprint density at radius 2 is 2.05 bits per heavy atom. The molecule has 0 aromatic heterocycles. The molecule has 3 N–H and O–H groups in total. The van der Waals surface area contributed by atoms with Crippen LogP contribution in [0.4, 0.5) is 0 Å². The Bertz CT molecular complexity index is 559. The average Bonchev–Trinajstić information content (AvgIpc) is 2.46. The summed E-state index contributed by atoms with van der Waals surface area (Å²) in [6, 6.07) is 9.71. The second kappa shape index (κ2) is 5.52. The van der Waals surface area contributed by atoms with Gasteiger partial charge < -0.3 is 10.5 Å². The molecule has 4 heteroatoms. The standard InChI is InChI=1S/C15H16N2O2/c1-19-15(18)13-8-11(7-12(9-13)14(16)17)10-5-3-2-4-6-10/h2-8,13H,9H2,1H3,(H3,16,17). The minimum Gasteiger partial charge on any atom is -0.469 e. The average molecular weight is 256 g/mol. The number of amidine groups is 1. The molecule has 0 heterocycles. The highest BCUT2D eigenvalue weighted by atomic mass is 16.5. The van der Waals surface area contributed by atoms with Crippen LogP contribution in [0.25, 0.3) is 5.57 Å². The van der Waals surface area contributed by atoms with E-state index in [2.05, 4.69) is 0 Å². The molecule has 4 nitrogen and oxygen atoms in total. The number of esters is 1. The largest absolute Gasteiger partial charge is 0.469 e. The van der Waals surface area contributed by atoms with Crippen molar-refractivity contribution in [3.05, 3.63) is 53.6 Å². The first-order chi connectivity index (χ1) is 9.11. The molecule has 0 saturated heterocycles. The molecule has 1 aliphatic carbocycles. The van der Waals surface area contributed by atoms with E-state index < -0.39 is 0 Å². The summed E-state index contributed by atoms with van der Waals surface area (Å²) in [4.78, 5) is 11.7. The van der Waals surface area contributed by atoms with Crippen LogP contribution in [0, 0.1) is 11.3 Å². The van der Waals surface area contributed by atoms with Gasteiger partial charge in [0.25, 0.3) is 0 Å². The van der Waals surface area contributed by atoms with Crippen molar-refractivity contribution in [1.82, 2.24) is 0 Å². The van der Waals surface area contributed by atoms with E-state index in [0.717, 1.165) is 11.1 Å². The minimum atomic E-state index is -0.385. The molecule has 0 fully saturated rings. The van der Waals surface area contributed by atoms with Crippen LogP contribution < -0.4 is 5.73 Å². The SMILES string of the molecule is COC(=O)C1C=C(c2ccccc2)C=C(C(=N)N)C1. The van der Waals surface area contributed by atoms with Gasteiger partial charge in [-0.15, -0.1) is 0 Å². The van der Waals surface area contributed by atoms with E-state index >= 15 is 0 Å². The maximum Gasteiger partial charge on any atom is 0.312 e. The number of benzene rings is 1. The summed E-state index contributed by atoms with van der Waals surface area (Å²) in [5.41, 5.74) is 8.10. The normalized spacial score (nSPS) is 18.3. The van der Waals surface area contributed by atoms with Crippen LogP contribution in [0.5, 0.6) is 0 Å². The van der Waals surface area contributed by atoms with E-state index in [9.17, 15) is 4.79 Å². The fourth-order valence-electron chi connectivity index (χ4n) is 2.11. The summed E-state index contributed by atoms with van der Waals surface area (Å²) < 4.78 is 4.78. The highest BCUT2D eigenvalue weighted by molar-refractivity contribution is 5.99. The lowest BCUT2D eigenvalue weighted by Gasteiger charge is -2.19. The first kappa shape index (κ1) is 13.1. The molecule has 0 amide bonds. The zero-order chi connectivity index (χ0) is 13.8. The van der Waals surface area contributed by atoms with Gasteiger partial charge >= 0.3 is 5.97 Å². The van der Waals surface area contributed by atoms with Crippen molar-refractivity contribution in [3.8, 4) is 0 Å². The topological polar surface area (TPSA) is 76.2 Å². The van der Waals surface area contributed by atoms with Crippen LogP contribution in [-0.2, 0) is 9.53 Å². The molecule has 19 heavy (non-hydrogen) atoms. The van der Waals surface area contributed by atoms with Crippen molar-refractivity contribution in [1.29, 1.82) is 5.41 Å². The molecule has 1 aromatic rings. The Kier molecular flexibility index (Phi) is 3.80. The zero-order valence-electron chi connectivity index (χ0n) is 10.7. The van der Waals surface area contributed by atoms with Crippen LogP contribution in [0.1, 0.15) is 12.0 Å². The molecule has 1 aliphatic rings. The molecule has 0 radical (unpaired) electrons. The third-order valence-electron chi connectivity index (χ3n) is 3.11. The van der Waals surface area contributed by atoms with Crippen molar-refractivity contribution in [3.63, 3.8) is 0 Å². The fourth-order valence-corrected chi connectivity index (χ4v) is 2.11. The Hall–Kier alpha value is -2.36. The number of allylic oxidation sites excluding steroid dienone is 2. The van der Waals surface area contributed by atoms with E-state index in [1.165, 1.54) is 7.11 Å². The third kappa shape index (κ3) is 2.91. The molecule has 1 unspecified atom stereocenters. The van der Waals surface area contributed by atoms with Gasteiger partial charge in [-0.05, 0) is 29.2 Å². The van der Waals surface area contributed by atoms with Gasteiger partial charge in [-0.1, -0.05) is 36.4 Å². The van der Waals surface area contributed by atoms with Crippen LogP contribution >= 0.6 is 0 Å². The summed E-state index contributed by atoms with van der Waals surface area (Å²) in [6.07, 6.45) is 4.14. The molecular weight excluding hydrogens is 240 g/mol. The van der Waals surface area contributed by atoms with Gasteiger partial charge in [0, 0.05) is 0 Å². The number of methoxy groups -OCH3 is 1. The monoisotopic (exact) mass is 256 g/mol. The summed E-state index contributed by atoms with van der Waals surface area (Å²) >= 11 is 0. The van der Waals surface area contributed by atoms with Crippen molar-refractivity contribution < 1.29 is 9.53 Å². The van der Waals surface area contributed by atoms with E-state index in [4.69, 9.17) is 15.9 Å². The third-order valence-corrected chi connectivity index (χ3v) is 3.11. The Morgan fingerprint density at radius 1 is 1.37 bits per heavy atom. The first-order valence-corrected chi connectivity index (χ1v) is 6.02. The first-order valence-electron chi connectivity index (χ1n) is 6.02. The lowest BCUT2D eigenvalue weighted by atomic mass is 9.87. The van der Waals surface area contributed by atoms with Gasteiger partial charge in [0.1, 0.15) is 5.84 Å². The number of ether oxygens (including phenoxy) is 1. The predicted molar refractivity (Wildman–Crippen MR) is 74.5 cm³/mol. The van der Waals surface area contributed by atoms with Crippen LogP contribution in [0.15, 0.2) is 48.1 Å². The molecule has 0 saturated carbocycles. The highest BCUT2D eigenvalue weighted by Gasteiger charge is 2.24.